The summed E-state index contributed by atoms with van der Waals surface area (Å²) in [6.07, 6.45) is 8.79. The van der Waals surface area contributed by atoms with Crippen molar-refractivity contribution in [3.8, 4) is 0 Å². The van der Waals surface area contributed by atoms with Crippen LogP contribution in [0.5, 0.6) is 0 Å². The zero-order valence-corrected chi connectivity index (χ0v) is 18.9. The third kappa shape index (κ3) is 4.63. The average Bonchev–Trinajstić information content (AvgIpc) is 3.18. The van der Waals surface area contributed by atoms with Crippen LogP contribution in [0.3, 0.4) is 0 Å². The van der Waals surface area contributed by atoms with Gasteiger partial charge in [-0.1, -0.05) is 60.2 Å². The monoisotopic (exact) mass is 447 g/mol. The van der Waals surface area contributed by atoms with Gasteiger partial charge in [-0.05, 0) is 61.4 Å². The molecule has 4 rings (SSSR count). The largest absolute Gasteiger partial charge is 0.381 e. The van der Waals surface area contributed by atoms with E-state index < -0.39 is 6.04 Å². The topological polar surface area (TPSA) is 70.2 Å². The molecule has 0 radical (unpaired) electrons. The van der Waals surface area contributed by atoms with Gasteiger partial charge in [0, 0.05) is 22.7 Å². The van der Waals surface area contributed by atoms with Crippen LogP contribution in [0.1, 0.15) is 24.5 Å². The van der Waals surface area contributed by atoms with Gasteiger partial charge in [-0.15, -0.1) is 0 Å². The second-order valence-electron chi connectivity index (χ2n) is 8.41. The molecule has 32 heavy (non-hydrogen) atoms. The Labute approximate surface area is 193 Å². The zero-order chi connectivity index (χ0) is 22.7. The van der Waals surface area contributed by atoms with Gasteiger partial charge in [-0.25, -0.2) is 0 Å². The summed E-state index contributed by atoms with van der Waals surface area (Å²) in [7, 11) is 0. The van der Waals surface area contributed by atoms with E-state index in [9.17, 15) is 9.59 Å². The van der Waals surface area contributed by atoms with Gasteiger partial charge < -0.3 is 16.0 Å². The molecular weight excluding hydrogens is 422 g/mol. The van der Waals surface area contributed by atoms with Gasteiger partial charge in [-0.2, -0.15) is 0 Å². The van der Waals surface area contributed by atoms with E-state index in [-0.39, 0.29) is 17.4 Å². The summed E-state index contributed by atoms with van der Waals surface area (Å²) >= 11 is 6.11. The first-order chi connectivity index (χ1) is 15.4. The second-order valence-corrected chi connectivity index (χ2v) is 8.84. The predicted octanol–water partition coefficient (Wildman–Crippen LogP) is 4.45. The van der Waals surface area contributed by atoms with Gasteiger partial charge in [-0.3, -0.25) is 9.59 Å². The van der Waals surface area contributed by atoms with E-state index in [0.717, 1.165) is 23.1 Å². The maximum Gasteiger partial charge on any atom is 0.252 e. The minimum absolute atomic E-state index is 0.269. The van der Waals surface area contributed by atoms with Crippen molar-refractivity contribution in [1.29, 1.82) is 0 Å². The Balaban J connectivity index is 1.59. The second kappa shape index (κ2) is 9.05. The van der Waals surface area contributed by atoms with Crippen molar-refractivity contribution < 1.29 is 9.59 Å². The minimum Gasteiger partial charge on any atom is -0.381 e. The molecule has 2 aromatic carbocycles. The molecule has 0 fully saturated rings. The molecule has 2 aromatic rings. The Morgan fingerprint density at radius 2 is 1.94 bits per heavy atom. The molecule has 2 atom stereocenters. The Hall–Kier alpha value is -3.31. The molecule has 2 unspecified atom stereocenters. The molecule has 6 heteroatoms. The SMILES string of the molecule is Cc1ccc(Cl)cc1NC(=O)C(Cc1ccccc1)NC(=O)C1=C2C=CNC2(C)CC=C1. The Bertz CT molecular complexity index is 1140. The van der Waals surface area contributed by atoms with Crippen molar-refractivity contribution >= 4 is 29.1 Å². The molecule has 1 aliphatic heterocycles. The van der Waals surface area contributed by atoms with Crippen molar-refractivity contribution in [3.05, 3.63) is 100 Å². The van der Waals surface area contributed by atoms with Gasteiger partial charge in [0.1, 0.15) is 6.04 Å². The van der Waals surface area contributed by atoms with Gasteiger partial charge in [0.15, 0.2) is 0 Å². The van der Waals surface area contributed by atoms with Crippen molar-refractivity contribution in [3.63, 3.8) is 0 Å². The van der Waals surface area contributed by atoms with Crippen LogP contribution in [-0.2, 0) is 16.0 Å². The number of carbonyl (C=O) groups excluding carboxylic acids is 2. The molecule has 0 aromatic heterocycles. The quantitative estimate of drug-likeness (QED) is 0.612. The number of carbonyl (C=O) groups is 2. The summed E-state index contributed by atoms with van der Waals surface area (Å²) < 4.78 is 0. The highest BCUT2D eigenvalue weighted by molar-refractivity contribution is 6.31. The number of hydrogen-bond donors (Lipinski definition) is 3. The lowest BCUT2D eigenvalue weighted by molar-refractivity contribution is -0.124. The highest BCUT2D eigenvalue weighted by atomic mass is 35.5. The summed E-state index contributed by atoms with van der Waals surface area (Å²) in [4.78, 5) is 26.5. The third-order valence-electron chi connectivity index (χ3n) is 5.95. The van der Waals surface area contributed by atoms with E-state index in [4.69, 9.17) is 11.6 Å². The van der Waals surface area contributed by atoms with E-state index in [0.29, 0.717) is 22.7 Å². The van der Waals surface area contributed by atoms with Crippen LogP contribution in [0.25, 0.3) is 0 Å². The molecule has 0 bridgehead atoms. The van der Waals surface area contributed by atoms with Gasteiger partial charge in [0.2, 0.25) is 5.91 Å². The van der Waals surface area contributed by atoms with Crippen LogP contribution in [-0.4, -0.2) is 23.4 Å². The summed E-state index contributed by atoms with van der Waals surface area (Å²) in [6.45, 7) is 3.96. The zero-order valence-electron chi connectivity index (χ0n) is 18.1. The number of benzene rings is 2. The van der Waals surface area contributed by atoms with E-state index in [1.54, 1.807) is 12.1 Å². The average molecular weight is 448 g/mol. The predicted molar refractivity (Wildman–Crippen MR) is 128 cm³/mol. The van der Waals surface area contributed by atoms with Crippen LogP contribution in [0, 0.1) is 6.92 Å². The Kier molecular flexibility index (Phi) is 6.19. The van der Waals surface area contributed by atoms with Crippen molar-refractivity contribution in [2.75, 3.05) is 5.32 Å². The first kappa shape index (κ1) is 21.9. The Morgan fingerprint density at radius 3 is 2.72 bits per heavy atom. The number of fused-ring (bicyclic) bond motifs is 1. The summed E-state index contributed by atoms with van der Waals surface area (Å²) in [5.74, 6) is -0.560. The van der Waals surface area contributed by atoms with Crippen LogP contribution in [0.15, 0.2) is 84.1 Å². The van der Waals surface area contributed by atoms with E-state index in [2.05, 4.69) is 22.9 Å². The standard InChI is InChI=1S/C26H26ClN3O2/c1-17-10-11-19(27)16-22(17)29-25(32)23(15-18-7-4-3-5-8-18)30-24(31)20-9-6-13-26(2)21(20)12-14-28-26/h3-12,14,16,23,28H,13,15H2,1-2H3,(H,29,32)(H,30,31). The molecular formula is C26H26ClN3O2. The third-order valence-corrected chi connectivity index (χ3v) is 6.19. The Morgan fingerprint density at radius 1 is 1.16 bits per heavy atom. The van der Waals surface area contributed by atoms with Crippen molar-refractivity contribution in [1.82, 2.24) is 10.6 Å². The molecule has 0 saturated heterocycles. The van der Waals surface area contributed by atoms with Crippen LogP contribution >= 0.6 is 11.6 Å². The maximum atomic E-state index is 13.3. The van der Waals surface area contributed by atoms with Crippen LogP contribution in [0.2, 0.25) is 5.02 Å². The number of anilines is 1. The molecule has 2 amide bonds. The smallest absolute Gasteiger partial charge is 0.252 e. The fourth-order valence-corrected chi connectivity index (χ4v) is 4.24. The number of halogens is 1. The van der Waals surface area contributed by atoms with Crippen molar-refractivity contribution in [2.24, 2.45) is 0 Å². The van der Waals surface area contributed by atoms with Gasteiger partial charge >= 0.3 is 0 Å². The lowest BCUT2D eigenvalue weighted by Gasteiger charge is -2.30. The lowest BCUT2D eigenvalue weighted by atomic mass is 9.82. The fraction of sp³-hybridized carbons (Fsp3) is 0.231. The molecule has 1 aliphatic carbocycles. The maximum absolute atomic E-state index is 13.3. The molecule has 2 aliphatic rings. The highest BCUT2D eigenvalue weighted by Crippen LogP contribution is 2.33. The normalized spacial score (nSPS) is 19.8. The first-order valence-electron chi connectivity index (χ1n) is 10.6. The molecule has 0 saturated carbocycles. The number of aryl methyl sites for hydroxylation is 1. The number of amides is 2. The summed E-state index contributed by atoms with van der Waals surface area (Å²) in [5.41, 5.74) is 3.69. The highest BCUT2D eigenvalue weighted by Gasteiger charge is 2.35. The number of nitrogens with one attached hydrogen (secondary N) is 3. The van der Waals surface area contributed by atoms with E-state index in [1.165, 1.54) is 0 Å². The minimum atomic E-state index is -0.753. The van der Waals surface area contributed by atoms with E-state index >= 15 is 0 Å². The van der Waals surface area contributed by atoms with Crippen LogP contribution in [0.4, 0.5) is 5.69 Å². The molecule has 0 spiro atoms. The van der Waals surface area contributed by atoms with Gasteiger partial charge in [0.25, 0.3) is 5.91 Å². The van der Waals surface area contributed by atoms with Crippen LogP contribution < -0.4 is 16.0 Å². The van der Waals surface area contributed by atoms with Gasteiger partial charge in [0.05, 0.1) is 5.54 Å². The van der Waals surface area contributed by atoms with E-state index in [1.807, 2.05) is 67.7 Å². The molecule has 164 valence electrons. The molecule has 3 N–H and O–H groups in total. The molecule has 5 nitrogen and oxygen atoms in total. The summed E-state index contributed by atoms with van der Waals surface area (Å²) in [5, 5.41) is 9.75. The lowest BCUT2D eigenvalue weighted by Crippen LogP contribution is -2.47. The number of rotatable bonds is 6. The summed E-state index contributed by atoms with van der Waals surface area (Å²) in [6, 6.07) is 14.2. The van der Waals surface area contributed by atoms with Crippen molar-refractivity contribution in [2.45, 2.75) is 38.3 Å². The number of hydrogen-bond acceptors (Lipinski definition) is 3. The first-order valence-corrected chi connectivity index (χ1v) is 11.0. The fourth-order valence-electron chi connectivity index (χ4n) is 4.07. The molecule has 1 heterocycles.